The lowest BCUT2D eigenvalue weighted by molar-refractivity contribution is 0.0953. The van der Waals surface area contributed by atoms with Crippen LogP contribution in [0.3, 0.4) is 0 Å². The van der Waals surface area contributed by atoms with Gasteiger partial charge in [-0.1, -0.05) is 18.2 Å². The highest BCUT2D eigenvalue weighted by molar-refractivity contribution is 7.12. The Morgan fingerprint density at radius 2 is 1.86 bits per heavy atom. The van der Waals surface area contributed by atoms with Gasteiger partial charge in [0.25, 0.3) is 11.8 Å². The van der Waals surface area contributed by atoms with Crippen LogP contribution in [0.15, 0.2) is 60.0 Å². The summed E-state index contributed by atoms with van der Waals surface area (Å²) in [6.07, 6.45) is 0. The summed E-state index contributed by atoms with van der Waals surface area (Å²) in [5, 5.41) is 19.3. The molecule has 146 valence electrons. The van der Waals surface area contributed by atoms with Crippen molar-refractivity contribution in [1.29, 1.82) is 5.26 Å². The lowest BCUT2D eigenvalue weighted by Crippen LogP contribution is -2.29. The number of anilines is 2. The van der Waals surface area contributed by atoms with Gasteiger partial charge in [0.1, 0.15) is 17.4 Å². The molecule has 0 spiro atoms. The summed E-state index contributed by atoms with van der Waals surface area (Å²) < 4.78 is 13.6. The molecule has 0 saturated carbocycles. The molecular weight excluding hydrogens is 391 g/mol. The van der Waals surface area contributed by atoms with Crippen molar-refractivity contribution in [3.8, 4) is 6.07 Å². The van der Waals surface area contributed by atoms with E-state index in [-0.39, 0.29) is 23.9 Å². The SMILES string of the molecule is N#Cc1c(F)cccc1NCCNC(=O)c1cccc(NC(=O)c2cccs2)c1. The van der Waals surface area contributed by atoms with E-state index < -0.39 is 5.82 Å². The summed E-state index contributed by atoms with van der Waals surface area (Å²) in [7, 11) is 0. The quantitative estimate of drug-likeness (QED) is 0.518. The Labute approximate surface area is 171 Å². The molecule has 29 heavy (non-hydrogen) atoms. The molecule has 0 aliphatic carbocycles. The van der Waals surface area contributed by atoms with Gasteiger partial charge in [0, 0.05) is 24.3 Å². The Hall–Kier alpha value is -3.70. The van der Waals surface area contributed by atoms with Crippen LogP contribution < -0.4 is 16.0 Å². The molecule has 3 N–H and O–H groups in total. The predicted molar refractivity (Wildman–Crippen MR) is 111 cm³/mol. The number of benzene rings is 2. The smallest absolute Gasteiger partial charge is 0.265 e. The van der Waals surface area contributed by atoms with Crippen molar-refractivity contribution in [2.45, 2.75) is 0 Å². The third-order valence-corrected chi connectivity index (χ3v) is 4.85. The van der Waals surface area contributed by atoms with Crippen LogP contribution in [0.4, 0.5) is 15.8 Å². The van der Waals surface area contributed by atoms with Crippen LogP contribution in [-0.4, -0.2) is 24.9 Å². The van der Waals surface area contributed by atoms with Crippen LogP contribution >= 0.6 is 11.3 Å². The number of thiophene rings is 1. The number of nitrogens with one attached hydrogen (secondary N) is 3. The van der Waals surface area contributed by atoms with Crippen molar-refractivity contribution in [3.05, 3.63) is 81.8 Å². The van der Waals surface area contributed by atoms with Gasteiger partial charge in [-0.05, 0) is 41.8 Å². The molecule has 3 aromatic rings. The van der Waals surface area contributed by atoms with Crippen LogP contribution in [0.2, 0.25) is 0 Å². The monoisotopic (exact) mass is 408 g/mol. The molecule has 0 aliphatic rings. The van der Waals surface area contributed by atoms with Gasteiger partial charge in [0.15, 0.2) is 0 Å². The molecule has 0 aliphatic heterocycles. The van der Waals surface area contributed by atoms with Gasteiger partial charge in [-0.15, -0.1) is 11.3 Å². The molecule has 2 aromatic carbocycles. The predicted octanol–water partition coefficient (Wildman–Crippen LogP) is 3.85. The Morgan fingerprint density at radius 1 is 1.03 bits per heavy atom. The highest BCUT2D eigenvalue weighted by Crippen LogP contribution is 2.17. The summed E-state index contributed by atoms with van der Waals surface area (Å²) in [4.78, 5) is 25.0. The zero-order valence-electron chi connectivity index (χ0n) is 15.2. The van der Waals surface area contributed by atoms with Gasteiger partial charge >= 0.3 is 0 Å². The molecule has 1 heterocycles. The fourth-order valence-electron chi connectivity index (χ4n) is 2.60. The Morgan fingerprint density at radius 3 is 2.62 bits per heavy atom. The molecule has 8 heteroatoms. The van der Waals surface area contributed by atoms with Gasteiger partial charge in [0.05, 0.1) is 10.6 Å². The average molecular weight is 408 g/mol. The minimum Gasteiger partial charge on any atom is -0.382 e. The number of nitrogens with zero attached hydrogens (tertiary/aromatic N) is 1. The maximum absolute atomic E-state index is 13.6. The van der Waals surface area contributed by atoms with Crippen molar-refractivity contribution in [1.82, 2.24) is 5.32 Å². The van der Waals surface area contributed by atoms with Gasteiger partial charge in [0.2, 0.25) is 0 Å². The molecule has 2 amide bonds. The highest BCUT2D eigenvalue weighted by Gasteiger charge is 2.10. The topological polar surface area (TPSA) is 94.0 Å². The number of amides is 2. The maximum Gasteiger partial charge on any atom is 0.265 e. The van der Waals surface area contributed by atoms with Gasteiger partial charge in [-0.3, -0.25) is 9.59 Å². The minimum atomic E-state index is -0.594. The van der Waals surface area contributed by atoms with Crippen LogP contribution in [0, 0.1) is 17.1 Å². The molecule has 0 atom stereocenters. The first-order valence-corrected chi connectivity index (χ1v) is 9.62. The van der Waals surface area contributed by atoms with E-state index in [1.807, 2.05) is 11.4 Å². The lowest BCUT2D eigenvalue weighted by atomic mass is 10.2. The Bertz CT molecular complexity index is 1060. The summed E-state index contributed by atoms with van der Waals surface area (Å²) in [6.45, 7) is 0.588. The normalized spacial score (nSPS) is 10.1. The highest BCUT2D eigenvalue weighted by atomic mass is 32.1. The molecule has 0 fully saturated rings. The largest absolute Gasteiger partial charge is 0.382 e. The van der Waals surface area contributed by atoms with Crippen molar-refractivity contribution in [3.63, 3.8) is 0 Å². The molecular formula is C21H17FN4O2S. The third-order valence-electron chi connectivity index (χ3n) is 3.98. The number of carbonyl (C=O) groups is 2. The Balaban J connectivity index is 1.53. The first-order chi connectivity index (χ1) is 14.1. The summed E-state index contributed by atoms with van der Waals surface area (Å²) in [6, 6.07) is 16.3. The van der Waals surface area contributed by atoms with Crippen LogP contribution in [0.5, 0.6) is 0 Å². The summed E-state index contributed by atoms with van der Waals surface area (Å²) >= 11 is 1.33. The van der Waals surface area contributed by atoms with Crippen LogP contribution in [-0.2, 0) is 0 Å². The second-order valence-electron chi connectivity index (χ2n) is 5.97. The lowest BCUT2D eigenvalue weighted by Gasteiger charge is -2.10. The van der Waals surface area contributed by atoms with E-state index in [1.54, 1.807) is 42.5 Å². The van der Waals surface area contributed by atoms with Crippen molar-refractivity contribution < 1.29 is 14.0 Å². The molecule has 0 radical (unpaired) electrons. The van der Waals surface area contributed by atoms with Crippen molar-refractivity contribution in [2.24, 2.45) is 0 Å². The average Bonchev–Trinajstić information content (AvgIpc) is 3.26. The van der Waals surface area contributed by atoms with Gasteiger partial charge in [-0.2, -0.15) is 5.26 Å². The van der Waals surface area contributed by atoms with E-state index in [0.29, 0.717) is 28.4 Å². The number of halogens is 1. The van der Waals surface area contributed by atoms with Gasteiger partial charge < -0.3 is 16.0 Å². The second-order valence-corrected chi connectivity index (χ2v) is 6.92. The Kier molecular flexibility index (Phi) is 6.55. The molecule has 6 nitrogen and oxygen atoms in total. The fraction of sp³-hybridized carbons (Fsp3) is 0.0952. The minimum absolute atomic E-state index is 0.0620. The zero-order valence-corrected chi connectivity index (χ0v) is 16.1. The maximum atomic E-state index is 13.6. The first-order valence-electron chi connectivity index (χ1n) is 8.74. The zero-order chi connectivity index (χ0) is 20.6. The van der Waals surface area contributed by atoms with E-state index >= 15 is 0 Å². The first kappa shape index (κ1) is 20.0. The number of hydrogen-bond acceptors (Lipinski definition) is 5. The third kappa shape index (κ3) is 5.18. The van der Waals surface area contributed by atoms with E-state index in [1.165, 1.54) is 23.5 Å². The van der Waals surface area contributed by atoms with Crippen LogP contribution in [0.25, 0.3) is 0 Å². The summed E-state index contributed by atoms with van der Waals surface area (Å²) in [5.41, 5.74) is 1.23. The number of carbonyl (C=O) groups excluding carboxylic acids is 2. The fourth-order valence-corrected chi connectivity index (χ4v) is 3.22. The number of rotatable bonds is 7. The van der Waals surface area contributed by atoms with Crippen molar-refractivity contribution >= 4 is 34.5 Å². The molecule has 1 aromatic heterocycles. The standard InChI is InChI=1S/C21H17FN4O2S/c22-17-6-2-7-18(16(17)13-23)24-9-10-25-20(27)14-4-1-5-15(12-14)26-21(28)19-8-3-11-29-19/h1-8,11-12,24H,9-10H2,(H,25,27)(H,26,28). The number of nitriles is 1. The number of hydrogen-bond donors (Lipinski definition) is 3. The molecule has 3 rings (SSSR count). The van der Waals surface area contributed by atoms with Crippen LogP contribution in [0.1, 0.15) is 25.6 Å². The van der Waals surface area contributed by atoms with E-state index in [9.17, 15) is 14.0 Å². The summed E-state index contributed by atoms with van der Waals surface area (Å²) in [5.74, 6) is -1.13. The van der Waals surface area contributed by atoms with Gasteiger partial charge in [-0.25, -0.2) is 4.39 Å². The molecule has 0 saturated heterocycles. The van der Waals surface area contributed by atoms with E-state index in [0.717, 1.165) is 0 Å². The molecule has 0 bridgehead atoms. The second kappa shape index (κ2) is 9.48. The van der Waals surface area contributed by atoms with E-state index in [2.05, 4.69) is 16.0 Å². The van der Waals surface area contributed by atoms with Crippen molar-refractivity contribution in [2.75, 3.05) is 23.7 Å². The van der Waals surface area contributed by atoms with E-state index in [4.69, 9.17) is 5.26 Å². The molecule has 0 unspecified atom stereocenters.